The molecule has 3 aromatic heterocycles. The summed E-state index contributed by atoms with van der Waals surface area (Å²) in [6.45, 7) is 4.93. The van der Waals surface area contributed by atoms with Crippen molar-refractivity contribution in [1.82, 2.24) is 34.7 Å². The van der Waals surface area contributed by atoms with E-state index < -0.39 is 0 Å². The Morgan fingerprint density at radius 2 is 1.91 bits per heavy atom. The van der Waals surface area contributed by atoms with E-state index in [1.807, 2.05) is 41.8 Å². The second-order valence-corrected chi connectivity index (χ2v) is 9.77. The average molecular weight is 435 g/mol. The lowest BCUT2D eigenvalue weighted by Gasteiger charge is -2.37. The third kappa shape index (κ3) is 3.79. The molecule has 2 aliphatic carbocycles. The first-order valence-electron chi connectivity index (χ1n) is 11.7. The molecule has 0 radical (unpaired) electrons. The minimum absolute atomic E-state index is 0.164. The molecular formula is C23H30N8O. The molecule has 0 amide bonds. The van der Waals surface area contributed by atoms with Crippen LogP contribution in [0.3, 0.4) is 0 Å². The van der Waals surface area contributed by atoms with Gasteiger partial charge in [-0.05, 0) is 62.0 Å². The number of ether oxygens (including phenoxy) is 1. The van der Waals surface area contributed by atoms with Crippen molar-refractivity contribution >= 4 is 5.95 Å². The summed E-state index contributed by atoms with van der Waals surface area (Å²) < 4.78 is 10.4. The number of fused-ring (bicyclic) bond motifs is 1. The van der Waals surface area contributed by atoms with Gasteiger partial charge in [0.05, 0.1) is 24.0 Å². The highest BCUT2D eigenvalue weighted by molar-refractivity contribution is 5.52. The van der Waals surface area contributed by atoms with Crippen LogP contribution < -0.4 is 4.90 Å². The molecule has 6 rings (SSSR count). The van der Waals surface area contributed by atoms with Crippen molar-refractivity contribution < 1.29 is 4.74 Å². The zero-order valence-corrected chi connectivity index (χ0v) is 18.7. The Bertz CT molecular complexity index is 1070. The topological polar surface area (TPSA) is 86.8 Å². The Morgan fingerprint density at radius 1 is 1.06 bits per heavy atom. The lowest BCUT2D eigenvalue weighted by Crippen LogP contribution is -2.38. The SMILES string of the molecule is Cc1ccc(-c2cn([C@@H]3C[C@@H]4CN(c5ncnn5C)C[C@@H]4C[C@H]3OCC3CC3)nn2)nc1. The van der Waals surface area contributed by atoms with Crippen molar-refractivity contribution in [3.8, 4) is 11.4 Å². The van der Waals surface area contributed by atoms with Gasteiger partial charge in [-0.3, -0.25) is 4.98 Å². The predicted molar refractivity (Wildman–Crippen MR) is 119 cm³/mol. The van der Waals surface area contributed by atoms with Crippen LogP contribution in [0.15, 0.2) is 30.9 Å². The summed E-state index contributed by atoms with van der Waals surface area (Å²) in [5.41, 5.74) is 2.82. The summed E-state index contributed by atoms with van der Waals surface area (Å²) in [4.78, 5) is 11.4. The standard InChI is InChI=1S/C23H30N8O/c1-15-3-6-19(24-9-15)20-12-31(28-27-20)21-7-17-10-30(23-25-14-26-29(23)2)11-18(17)8-22(21)32-13-16-4-5-16/h3,6,9,12,14,16-18,21-22H,4-5,7-8,10-11,13H2,1-2H3/t17-,18+,21-,22-/m1/s1. The highest BCUT2D eigenvalue weighted by Crippen LogP contribution is 2.44. The third-order valence-electron chi connectivity index (χ3n) is 7.32. The van der Waals surface area contributed by atoms with Crippen LogP contribution in [0.1, 0.15) is 37.3 Å². The fourth-order valence-corrected chi connectivity index (χ4v) is 5.31. The van der Waals surface area contributed by atoms with Crippen LogP contribution in [0.4, 0.5) is 5.95 Å². The first-order chi connectivity index (χ1) is 15.6. The molecule has 4 heterocycles. The maximum atomic E-state index is 6.51. The minimum atomic E-state index is 0.164. The summed E-state index contributed by atoms with van der Waals surface area (Å²) in [6, 6.07) is 4.27. The van der Waals surface area contributed by atoms with Crippen LogP contribution in [-0.2, 0) is 11.8 Å². The molecule has 3 aliphatic rings. The van der Waals surface area contributed by atoms with Gasteiger partial charge >= 0.3 is 0 Å². The quantitative estimate of drug-likeness (QED) is 0.589. The second kappa shape index (κ2) is 7.95. The molecule has 4 atom stereocenters. The molecule has 3 fully saturated rings. The van der Waals surface area contributed by atoms with Crippen molar-refractivity contribution in [1.29, 1.82) is 0 Å². The van der Waals surface area contributed by atoms with E-state index in [2.05, 4.69) is 36.3 Å². The molecule has 32 heavy (non-hydrogen) atoms. The first kappa shape index (κ1) is 19.8. The van der Waals surface area contributed by atoms with E-state index in [1.54, 1.807) is 6.33 Å². The Balaban J connectivity index is 1.23. The van der Waals surface area contributed by atoms with Gasteiger partial charge in [0, 0.05) is 32.9 Å². The summed E-state index contributed by atoms with van der Waals surface area (Å²) in [5.74, 6) is 2.89. The highest BCUT2D eigenvalue weighted by atomic mass is 16.5. The molecule has 3 aromatic rings. The van der Waals surface area contributed by atoms with Gasteiger partial charge in [0.2, 0.25) is 5.95 Å². The van der Waals surface area contributed by atoms with Crippen LogP contribution in [0.25, 0.3) is 11.4 Å². The lowest BCUT2D eigenvalue weighted by molar-refractivity contribution is -0.0375. The molecule has 0 spiro atoms. The molecular weight excluding hydrogens is 404 g/mol. The summed E-state index contributed by atoms with van der Waals surface area (Å²) >= 11 is 0. The van der Waals surface area contributed by atoms with E-state index in [0.29, 0.717) is 11.8 Å². The van der Waals surface area contributed by atoms with Crippen molar-refractivity contribution in [2.45, 2.75) is 44.8 Å². The number of anilines is 1. The monoisotopic (exact) mass is 434 g/mol. The molecule has 0 unspecified atom stereocenters. The van der Waals surface area contributed by atoms with E-state index in [4.69, 9.17) is 4.74 Å². The van der Waals surface area contributed by atoms with E-state index in [9.17, 15) is 0 Å². The molecule has 1 aliphatic heterocycles. The van der Waals surface area contributed by atoms with E-state index in [-0.39, 0.29) is 12.1 Å². The fraction of sp³-hybridized carbons (Fsp3) is 0.609. The largest absolute Gasteiger partial charge is 0.376 e. The number of hydrogen-bond donors (Lipinski definition) is 0. The molecule has 1 saturated heterocycles. The molecule has 0 N–H and O–H groups in total. The molecule has 2 saturated carbocycles. The van der Waals surface area contributed by atoms with Gasteiger partial charge < -0.3 is 9.64 Å². The third-order valence-corrected chi connectivity index (χ3v) is 7.32. The van der Waals surface area contributed by atoms with Gasteiger partial charge in [-0.15, -0.1) is 5.10 Å². The van der Waals surface area contributed by atoms with Crippen LogP contribution >= 0.6 is 0 Å². The van der Waals surface area contributed by atoms with Gasteiger partial charge in [-0.2, -0.15) is 10.1 Å². The highest BCUT2D eigenvalue weighted by Gasteiger charge is 2.45. The molecule has 9 heteroatoms. The zero-order chi connectivity index (χ0) is 21.7. The second-order valence-electron chi connectivity index (χ2n) is 9.77. The number of hydrogen-bond acceptors (Lipinski definition) is 7. The van der Waals surface area contributed by atoms with Crippen molar-refractivity contribution in [2.24, 2.45) is 24.8 Å². The summed E-state index contributed by atoms with van der Waals surface area (Å²) in [7, 11) is 1.96. The van der Waals surface area contributed by atoms with E-state index >= 15 is 0 Å². The van der Waals surface area contributed by atoms with Gasteiger partial charge in [-0.1, -0.05) is 11.3 Å². The number of pyridine rings is 1. The molecule has 0 bridgehead atoms. The predicted octanol–water partition coefficient (Wildman–Crippen LogP) is 2.66. The first-order valence-corrected chi connectivity index (χ1v) is 11.7. The number of aryl methyl sites for hydroxylation is 2. The van der Waals surface area contributed by atoms with Crippen molar-refractivity contribution in [2.75, 3.05) is 24.6 Å². The number of rotatable bonds is 6. The van der Waals surface area contributed by atoms with Crippen LogP contribution in [0, 0.1) is 24.7 Å². The Labute approximate surface area is 187 Å². The maximum absolute atomic E-state index is 6.51. The van der Waals surface area contributed by atoms with Crippen LogP contribution in [0.5, 0.6) is 0 Å². The zero-order valence-electron chi connectivity index (χ0n) is 18.7. The molecule has 168 valence electrons. The van der Waals surface area contributed by atoms with Gasteiger partial charge in [-0.25, -0.2) is 9.36 Å². The normalized spacial score (nSPS) is 27.6. The Kier molecular flexibility index (Phi) is 4.93. The van der Waals surface area contributed by atoms with E-state index in [1.165, 1.54) is 12.8 Å². The van der Waals surface area contributed by atoms with E-state index in [0.717, 1.165) is 61.4 Å². The average Bonchev–Trinajstić information content (AvgIpc) is 3.15. The van der Waals surface area contributed by atoms with Gasteiger partial charge in [0.1, 0.15) is 12.0 Å². The van der Waals surface area contributed by atoms with Crippen molar-refractivity contribution in [3.63, 3.8) is 0 Å². The summed E-state index contributed by atoms with van der Waals surface area (Å²) in [5, 5.41) is 13.2. The fourth-order valence-electron chi connectivity index (χ4n) is 5.31. The summed E-state index contributed by atoms with van der Waals surface area (Å²) in [6.07, 6.45) is 10.4. The minimum Gasteiger partial charge on any atom is -0.376 e. The molecule has 0 aromatic carbocycles. The maximum Gasteiger partial charge on any atom is 0.223 e. The van der Waals surface area contributed by atoms with Crippen LogP contribution in [0.2, 0.25) is 0 Å². The van der Waals surface area contributed by atoms with Crippen molar-refractivity contribution in [3.05, 3.63) is 36.4 Å². The number of aromatic nitrogens is 7. The van der Waals surface area contributed by atoms with Gasteiger partial charge in [0.15, 0.2) is 0 Å². The number of nitrogens with zero attached hydrogens (tertiary/aromatic N) is 8. The lowest BCUT2D eigenvalue weighted by atomic mass is 9.77. The van der Waals surface area contributed by atoms with Crippen LogP contribution in [-0.4, -0.2) is 60.5 Å². The Hall–Kier alpha value is -2.81. The van der Waals surface area contributed by atoms with Gasteiger partial charge in [0.25, 0.3) is 0 Å². The smallest absolute Gasteiger partial charge is 0.223 e. The molecule has 9 nitrogen and oxygen atoms in total. The Morgan fingerprint density at radius 3 is 2.62 bits per heavy atom.